The third-order valence-corrected chi connectivity index (χ3v) is 3.62. The number of aryl methyl sites for hydroxylation is 2. The fourth-order valence-corrected chi connectivity index (χ4v) is 2.53. The molecule has 0 saturated carbocycles. The minimum absolute atomic E-state index is 0.0668. The highest BCUT2D eigenvalue weighted by Crippen LogP contribution is 2.27. The van der Waals surface area contributed by atoms with E-state index in [9.17, 15) is 10.1 Å². The maximum atomic E-state index is 12.2. The third kappa shape index (κ3) is 4.28. The van der Waals surface area contributed by atoms with E-state index in [1.807, 2.05) is 32.0 Å². The van der Waals surface area contributed by atoms with Gasteiger partial charge in [0.05, 0.1) is 10.7 Å². The van der Waals surface area contributed by atoms with Crippen LogP contribution in [0.5, 0.6) is 0 Å². The van der Waals surface area contributed by atoms with E-state index in [0.29, 0.717) is 22.1 Å². The minimum Gasteiger partial charge on any atom is -0.399 e. The first-order valence-corrected chi connectivity index (χ1v) is 7.59. The van der Waals surface area contributed by atoms with Crippen LogP contribution in [-0.4, -0.2) is 5.91 Å². The van der Waals surface area contributed by atoms with Gasteiger partial charge in [-0.1, -0.05) is 17.7 Å². The number of carbonyl (C=O) groups is 1. The summed E-state index contributed by atoms with van der Waals surface area (Å²) in [4.78, 5) is 12.2. The molecule has 0 saturated heterocycles. The molecule has 0 radical (unpaired) electrons. The Labute approximate surface area is 145 Å². The van der Waals surface area contributed by atoms with Gasteiger partial charge in [-0.05, 0) is 55.3 Å². The van der Waals surface area contributed by atoms with Gasteiger partial charge in [0, 0.05) is 17.6 Å². The molecule has 0 spiro atoms. The second kappa shape index (κ2) is 7.53. The molecule has 0 aliphatic carbocycles. The normalized spacial score (nSPS) is 10.8. The molecule has 24 heavy (non-hydrogen) atoms. The Hall–Kier alpha value is -2.97. The number of hydrogen-bond donors (Lipinski definition) is 3. The third-order valence-electron chi connectivity index (χ3n) is 3.33. The van der Waals surface area contributed by atoms with Gasteiger partial charge in [-0.25, -0.2) is 0 Å². The number of rotatable bonds is 4. The van der Waals surface area contributed by atoms with Crippen LogP contribution in [0.15, 0.2) is 48.2 Å². The van der Waals surface area contributed by atoms with Crippen LogP contribution in [0.1, 0.15) is 11.1 Å². The molecule has 2 aromatic rings. The highest BCUT2D eigenvalue weighted by Gasteiger charge is 2.10. The number of hydrogen-bond acceptors (Lipinski definition) is 4. The molecule has 5 nitrogen and oxygen atoms in total. The number of nitriles is 1. The number of nitrogens with two attached hydrogens (primary N) is 1. The second-order valence-corrected chi connectivity index (χ2v) is 5.74. The van der Waals surface area contributed by atoms with Crippen LogP contribution < -0.4 is 16.4 Å². The van der Waals surface area contributed by atoms with Crippen molar-refractivity contribution in [2.45, 2.75) is 13.8 Å². The first-order valence-electron chi connectivity index (χ1n) is 7.21. The molecule has 1 amide bonds. The van der Waals surface area contributed by atoms with Gasteiger partial charge >= 0.3 is 0 Å². The average Bonchev–Trinajstić information content (AvgIpc) is 2.52. The lowest BCUT2D eigenvalue weighted by Crippen LogP contribution is -2.14. The average molecular weight is 341 g/mol. The number of nitrogen functional groups attached to an aromatic ring is 1. The number of carbonyl (C=O) groups excluding carboxylic acids is 1. The SMILES string of the molecule is Cc1cc(C)c(N/C=C(/C#N)C(=O)Nc2ccc(N)cc2)c(Cl)c1. The molecule has 2 aromatic carbocycles. The van der Waals surface area contributed by atoms with Crippen molar-refractivity contribution in [2.75, 3.05) is 16.4 Å². The summed E-state index contributed by atoms with van der Waals surface area (Å²) < 4.78 is 0. The molecular weight excluding hydrogens is 324 g/mol. The van der Waals surface area contributed by atoms with Gasteiger partial charge in [-0.3, -0.25) is 4.79 Å². The number of nitrogens with one attached hydrogen (secondary N) is 2. The van der Waals surface area contributed by atoms with Crippen molar-refractivity contribution in [3.8, 4) is 6.07 Å². The molecule has 0 aliphatic rings. The molecule has 4 N–H and O–H groups in total. The van der Waals surface area contributed by atoms with Crippen LogP contribution in [0, 0.1) is 25.2 Å². The van der Waals surface area contributed by atoms with Crippen molar-refractivity contribution < 1.29 is 4.79 Å². The molecule has 0 aliphatic heterocycles. The lowest BCUT2D eigenvalue weighted by Gasteiger charge is -2.10. The Bertz CT molecular complexity index is 812. The summed E-state index contributed by atoms with van der Waals surface area (Å²) in [5, 5.41) is 15.3. The highest BCUT2D eigenvalue weighted by atomic mass is 35.5. The zero-order chi connectivity index (χ0) is 17.7. The predicted octanol–water partition coefficient (Wildman–Crippen LogP) is 4.00. The standard InChI is InChI=1S/C18H17ClN4O/c1-11-7-12(2)17(16(19)8-11)22-10-13(9-20)18(24)23-15-5-3-14(21)4-6-15/h3-8,10,22H,21H2,1-2H3,(H,23,24)/b13-10-. The summed E-state index contributed by atoms with van der Waals surface area (Å²) in [7, 11) is 0. The monoisotopic (exact) mass is 340 g/mol. The maximum absolute atomic E-state index is 12.2. The molecule has 0 unspecified atom stereocenters. The smallest absolute Gasteiger partial charge is 0.267 e. The minimum atomic E-state index is -0.518. The quantitative estimate of drug-likeness (QED) is 0.445. The molecule has 2 rings (SSSR count). The van der Waals surface area contributed by atoms with Crippen molar-refractivity contribution in [3.05, 3.63) is 64.3 Å². The van der Waals surface area contributed by atoms with Gasteiger partial charge in [-0.2, -0.15) is 5.26 Å². The van der Waals surface area contributed by atoms with Crippen LogP contribution in [0.4, 0.5) is 17.1 Å². The Morgan fingerprint density at radius 1 is 1.25 bits per heavy atom. The van der Waals surface area contributed by atoms with E-state index in [1.165, 1.54) is 6.20 Å². The van der Waals surface area contributed by atoms with Crippen molar-refractivity contribution in [1.29, 1.82) is 5.26 Å². The van der Waals surface area contributed by atoms with E-state index < -0.39 is 5.91 Å². The van der Waals surface area contributed by atoms with Crippen LogP contribution in [0.25, 0.3) is 0 Å². The largest absolute Gasteiger partial charge is 0.399 e. The van der Waals surface area contributed by atoms with Gasteiger partial charge < -0.3 is 16.4 Å². The number of amides is 1. The van der Waals surface area contributed by atoms with Crippen molar-refractivity contribution in [1.82, 2.24) is 0 Å². The molecule has 0 atom stereocenters. The van der Waals surface area contributed by atoms with Crippen molar-refractivity contribution in [3.63, 3.8) is 0 Å². The molecular formula is C18H17ClN4O. The van der Waals surface area contributed by atoms with Gasteiger partial charge in [0.25, 0.3) is 5.91 Å². The van der Waals surface area contributed by atoms with Crippen molar-refractivity contribution in [2.24, 2.45) is 0 Å². The van der Waals surface area contributed by atoms with Gasteiger partial charge in [0.1, 0.15) is 11.6 Å². The Morgan fingerprint density at radius 3 is 2.50 bits per heavy atom. The molecule has 0 aromatic heterocycles. The summed E-state index contributed by atoms with van der Waals surface area (Å²) in [6.45, 7) is 3.84. The Balaban J connectivity index is 2.16. The highest BCUT2D eigenvalue weighted by molar-refractivity contribution is 6.33. The molecule has 122 valence electrons. The zero-order valence-corrected chi connectivity index (χ0v) is 14.1. The van der Waals surface area contributed by atoms with Crippen molar-refractivity contribution >= 4 is 34.6 Å². The Kier molecular flexibility index (Phi) is 5.46. The van der Waals surface area contributed by atoms with Crippen LogP contribution in [-0.2, 0) is 4.79 Å². The van der Waals surface area contributed by atoms with E-state index >= 15 is 0 Å². The van der Waals surface area contributed by atoms with Gasteiger partial charge in [0.2, 0.25) is 0 Å². The lowest BCUT2D eigenvalue weighted by molar-refractivity contribution is -0.112. The van der Waals surface area contributed by atoms with E-state index in [1.54, 1.807) is 24.3 Å². The number of anilines is 3. The first kappa shape index (κ1) is 17.4. The molecule has 0 fully saturated rings. The summed E-state index contributed by atoms with van der Waals surface area (Å²) in [6.07, 6.45) is 1.34. The number of benzene rings is 2. The number of nitrogens with zero attached hydrogens (tertiary/aromatic N) is 1. The predicted molar refractivity (Wildman–Crippen MR) is 97.7 cm³/mol. The van der Waals surface area contributed by atoms with Crippen LogP contribution in [0.3, 0.4) is 0 Å². The first-order chi connectivity index (χ1) is 11.4. The fraction of sp³-hybridized carbons (Fsp3) is 0.111. The molecule has 0 bridgehead atoms. The summed E-state index contributed by atoms with van der Waals surface area (Å²) in [5.41, 5.74) is 9.30. The summed E-state index contributed by atoms with van der Waals surface area (Å²) in [5.74, 6) is -0.518. The summed E-state index contributed by atoms with van der Waals surface area (Å²) >= 11 is 6.20. The Morgan fingerprint density at radius 2 is 1.92 bits per heavy atom. The van der Waals surface area contributed by atoms with Crippen LogP contribution in [0.2, 0.25) is 5.02 Å². The van der Waals surface area contributed by atoms with E-state index in [2.05, 4.69) is 10.6 Å². The zero-order valence-electron chi connectivity index (χ0n) is 13.4. The van der Waals surface area contributed by atoms with Gasteiger partial charge in [-0.15, -0.1) is 0 Å². The summed E-state index contributed by atoms with van der Waals surface area (Å²) in [6, 6.07) is 12.3. The fourth-order valence-electron chi connectivity index (χ4n) is 2.16. The topological polar surface area (TPSA) is 90.9 Å². The lowest BCUT2D eigenvalue weighted by atomic mass is 10.1. The molecule has 0 heterocycles. The second-order valence-electron chi connectivity index (χ2n) is 5.33. The van der Waals surface area contributed by atoms with E-state index in [-0.39, 0.29) is 5.57 Å². The number of halogens is 1. The van der Waals surface area contributed by atoms with Crippen LogP contribution >= 0.6 is 11.6 Å². The van der Waals surface area contributed by atoms with Gasteiger partial charge in [0.15, 0.2) is 0 Å². The molecule has 6 heteroatoms. The van der Waals surface area contributed by atoms with E-state index in [4.69, 9.17) is 17.3 Å². The maximum Gasteiger partial charge on any atom is 0.267 e. The van der Waals surface area contributed by atoms with E-state index in [0.717, 1.165) is 11.1 Å².